The number of amides is 1. The Kier molecular flexibility index (Phi) is 5.47. The zero-order valence-electron chi connectivity index (χ0n) is 16.2. The average Bonchev–Trinajstić information content (AvgIpc) is 3.24. The molecule has 2 heterocycles. The van der Waals surface area contributed by atoms with Gasteiger partial charge in [0.05, 0.1) is 23.5 Å². The van der Waals surface area contributed by atoms with Gasteiger partial charge in [-0.15, -0.1) is 0 Å². The minimum Gasteiger partial charge on any atom is -0.346 e. The molecule has 5 nitrogen and oxygen atoms in total. The standard InChI is InChI=1S/C24H22N4O/c1-2-18-11-13-19(14-12-18)23-22(17-28(27-23)21-9-4-3-5-10-21)24(29)26-16-20-8-6-7-15-25-20/h3-15,17H,2,16H2,1H3,(H,26,29). The number of nitrogens with zero attached hydrogens (tertiary/aromatic N) is 3. The number of hydrogen-bond donors (Lipinski definition) is 1. The van der Waals surface area contributed by atoms with Crippen LogP contribution in [0.1, 0.15) is 28.5 Å². The van der Waals surface area contributed by atoms with Crippen LogP contribution in [0.4, 0.5) is 0 Å². The van der Waals surface area contributed by atoms with Gasteiger partial charge in [0.2, 0.25) is 0 Å². The van der Waals surface area contributed by atoms with E-state index < -0.39 is 0 Å². The zero-order chi connectivity index (χ0) is 20.1. The van der Waals surface area contributed by atoms with Crippen LogP contribution < -0.4 is 5.32 Å². The molecule has 2 aromatic carbocycles. The summed E-state index contributed by atoms with van der Waals surface area (Å²) in [6, 6.07) is 23.6. The summed E-state index contributed by atoms with van der Waals surface area (Å²) in [4.78, 5) is 17.2. The molecule has 0 saturated heterocycles. The molecule has 0 aliphatic heterocycles. The Morgan fingerprint density at radius 2 is 1.72 bits per heavy atom. The van der Waals surface area contributed by atoms with Gasteiger partial charge in [0.25, 0.3) is 5.91 Å². The number of benzene rings is 2. The molecule has 0 unspecified atom stereocenters. The Morgan fingerprint density at radius 3 is 2.41 bits per heavy atom. The maximum absolute atomic E-state index is 13.0. The van der Waals surface area contributed by atoms with Crippen LogP contribution in [0.3, 0.4) is 0 Å². The molecule has 0 fully saturated rings. The second kappa shape index (κ2) is 8.52. The number of para-hydroxylation sites is 1. The van der Waals surface area contributed by atoms with Crippen molar-refractivity contribution in [3.05, 3.63) is 102 Å². The minimum absolute atomic E-state index is 0.174. The highest BCUT2D eigenvalue weighted by atomic mass is 16.1. The van der Waals surface area contributed by atoms with Crippen LogP contribution in [-0.4, -0.2) is 20.7 Å². The Hall–Kier alpha value is -3.73. The van der Waals surface area contributed by atoms with Gasteiger partial charge in [0.15, 0.2) is 0 Å². The number of hydrogen-bond acceptors (Lipinski definition) is 3. The molecule has 144 valence electrons. The monoisotopic (exact) mass is 382 g/mol. The quantitative estimate of drug-likeness (QED) is 0.537. The molecule has 0 saturated carbocycles. The molecule has 0 aliphatic carbocycles. The minimum atomic E-state index is -0.174. The first kappa shape index (κ1) is 18.6. The smallest absolute Gasteiger partial charge is 0.255 e. The van der Waals surface area contributed by atoms with Gasteiger partial charge in [0, 0.05) is 18.0 Å². The fraction of sp³-hybridized carbons (Fsp3) is 0.125. The summed E-state index contributed by atoms with van der Waals surface area (Å²) in [5, 5.41) is 7.68. The van der Waals surface area contributed by atoms with Crippen LogP contribution in [0.25, 0.3) is 16.9 Å². The number of aryl methyl sites for hydroxylation is 1. The molecule has 4 rings (SSSR count). The van der Waals surface area contributed by atoms with E-state index in [1.165, 1.54) is 5.56 Å². The van der Waals surface area contributed by atoms with Crippen molar-refractivity contribution < 1.29 is 4.79 Å². The van der Waals surface area contributed by atoms with Gasteiger partial charge in [-0.25, -0.2) is 4.68 Å². The molecule has 0 radical (unpaired) electrons. The average molecular weight is 382 g/mol. The summed E-state index contributed by atoms with van der Waals surface area (Å²) < 4.78 is 1.75. The third-order valence-electron chi connectivity index (χ3n) is 4.77. The van der Waals surface area contributed by atoms with Gasteiger partial charge in [-0.2, -0.15) is 5.10 Å². The van der Waals surface area contributed by atoms with Gasteiger partial charge in [0.1, 0.15) is 5.69 Å². The lowest BCUT2D eigenvalue weighted by atomic mass is 10.0. The molecule has 1 amide bonds. The predicted octanol–water partition coefficient (Wildman–Crippen LogP) is 4.43. The second-order valence-corrected chi connectivity index (χ2v) is 6.73. The maximum Gasteiger partial charge on any atom is 0.255 e. The van der Waals surface area contributed by atoms with Crippen molar-refractivity contribution in [2.24, 2.45) is 0 Å². The van der Waals surface area contributed by atoms with E-state index in [0.29, 0.717) is 17.8 Å². The van der Waals surface area contributed by atoms with Crippen molar-refractivity contribution in [1.29, 1.82) is 0 Å². The lowest BCUT2D eigenvalue weighted by molar-refractivity contribution is 0.0951. The Morgan fingerprint density at radius 1 is 0.966 bits per heavy atom. The summed E-state index contributed by atoms with van der Waals surface area (Å²) in [6.45, 7) is 2.49. The number of nitrogens with one attached hydrogen (secondary N) is 1. The molecule has 2 aromatic heterocycles. The summed E-state index contributed by atoms with van der Waals surface area (Å²) in [5.41, 5.74) is 5.08. The highest BCUT2D eigenvalue weighted by molar-refractivity contribution is 5.99. The third kappa shape index (κ3) is 4.24. The predicted molar refractivity (Wildman–Crippen MR) is 114 cm³/mol. The number of pyridine rings is 1. The summed E-state index contributed by atoms with van der Waals surface area (Å²) in [5.74, 6) is -0.174. The fourth-order valence-electron chi connectivity index (χ4n) is 3.13. The summed E-state index contributed by atoms with van der Waals surface area (Å²) in [7, 11) is 0. The van der Waals surface area contributed by atoms with Crippen molar-refractivity contribution in [2.45, 2.75) is 19.9 Å². The van der Waals surface area contributed by atoms with Crippen LogP contribution in [0, 0.1) is 0 Å². The lowest BCUT2D eigenvalue weighted by Gasteiger charge is -2.05. The molecule has 0 aliphatic rings. The summed E-state index contributed by atoms with van der Waals surface area (Å²) >= 11 is 0. The van der Waals surface area contributed by atoms with Crippen LogP contribution in [0.2, 0.25) is 0 Å². The second-order valence-electron chi connectivity index (χ2n) is 6.73. The molecule has 5 heteroatoms. The van der Waals surface area contributed by atoms with Gasteiger partial charge in [-0.1, -0.05) is 55.5 Å². The normalized spacial score (nSPS) is 10.7. The zero-order valence-corrected chi connectivity index (χ0v) is 16.2. The molecular weight excluding hydrogens is 360 g/mol. The Bertz CT molecular complexity index is 1090. The first-order chi connectivity index (χ1) is 14.2. The van der Waals surface area contributed by atoms with Crippen molar-refractivity contribution in [2.75, 3.05) is 0 Å². The molecular formula is C24H22N4O. The largest absolute Gasteiger partial charge is 0.346 e. The van der Waals surface area contributed by atoms with Crippen molar-refractivity contribution >= 4 is 5.91 Å². The van der Waals surface area contributed by atoms with E-state index in [9.17, 15) is 4.79 Å². The first-order valence-electron chi connectivity index (χ1n) is 9.67. The topological polar surface area (TPSA) is 59.8 Å². The van der Waals surface area contributed by atoms with E-state index in [1.807, 2.05) is 60.7 Å². The molecule has 0 spiro atoms. The van der Waals surface area contributed by atoms with Crippen LogP contribution in [-0.2, 0) is 13.0 Å². The third-order valence-corrected chi connectivity index (χ3v) is 4.77. The van der Waals surface area contributed by atoms with E-state index in [-0.39, 0.29) is 5.91 Å². The van der Waals surface area contributed by atoms with Crippen molar-refractivity contribution in [3.8, 4) is 16.9 Å². The fourth-order valence-corrected chi connectivity index (χ4v) is 3.13. The van der Waals surface area contributed by atoms with Crippen molar-refractivity contribution in [3.63, 3.8) is 0 Å². The Balaban J connectivity index is 1.68. The highest BCUT2D eigenvalue weighted by Gasteiger charge is 2.18. The first-order valence-corrected chi connectivity index (χ1v) is 9.67. The van der Waals surface area contributed by atoms with Gasteiger partial charge in [-0.05, 0) is 36.2 Å². The lowest BCUT2D eigenvalue weighted by Crippen LogP contribution is -2.23. The van der Waals surface area contributed by atoms with E-state index >= 15 is 0 Å². The van der Waals surface area contributed by atoms with Crippen molar-refractivity contribution in [1.82, 2.24) is 20.1 Å². The molecule has 4 aromatic rings. The van der Waals surface area contributed by atoms with Gasteiger partial charge >= 0.3 is 0 Å². The number of carbonyl (C=O) groups excluding carboxylic acids is 1. The van der Waals surface area contributed by atoms with Crippen LogP contribution in [0.15, 0.2) is 85.2 Å². The molecule has 0 bridgehead atoms. The summed E-state index contributed by atoms with van der Waals surface area (Å²) in [6.07, 6.45) is 4.47. The van der Waals surface area contributed by atoms with Crippen LogP contribution >= 0.6 is 0 Å². The van der Waals surface area contributed by atoms with E-state index in [0.717, 1.165) is 23.4 Å². The maximum atomic E-state index is 13.0. The number of carbonyl (C=O) groups is 1. The Labute approximate surface area is 170 Å². The van der Waals surface area contributed by atoms with E-state index in [1.54, 1.807) is 17.1 Å². The number of aromatic nitrogens is 3. The molecule has 0 atom stereocenters. The molecule has 29 heavy (non-hydrogen) atoms. The van der Waals surface area contributed by atoms with E-state index in [4.69, 9.17) is 5.10 Å². The SMILES string of the molecule is CCc1ccc(-c2nn(-c3ccccc3)cc2C(=O)NCc2ccccn2)cc1. The van der Waals surface area contributed by atoms with Gasteiger partial charge in [-0.3, -0.25) is 9.78 Å². The van der Waals surface area contributed by atoms with E-state index in [2.05, 4.69) is 29.4 Å². The molecule has 1 N–H and O–H groups in total. The number of rotatable bonds is 6. The van der Waals surface area contributed by atoms with Crippen LogP contribution in [0.5, 0.6) is 0 Å². The van der Waals surface area contributed by atoms with Gasteiger partial charge < -0.3 is 5.32 Å². The highest BCUT2D eigenvalue weighted by Crippen LogP contribution is 2.24.